The molecule has 3 aromatic rings. The van der Waals surface area contributed by atoms with Crippen LogP contribution in [-0.2, 0) is 9.59 Å². The molecule has 3 N–H and O–H groups in total. The summed E-state index contributed by atoms with van der Waals surface area (Å²) in [7, 11) is 2.92. The quantitative estimate of drug-likeness (QED) is 0.399. The van der Waals surface area contributed by atoms with Crippen molar-refractivity contribution in [3.63, 3.8) is 0 Å². The summed E-state index contributed by atoms with van der Waals surface area (Å²) in [6.07, 6.45) is 0.00614. The van der Waals surface area contributed by atoms with Gasteiger partial charge >= 0.3 is 0 Å². The Hall–Kier alpha value is -3.85. The summed E-state index contributed by atoms with van der Waals surface area (Å²) in [6.45, 7) is 3.91. The van der Waals surface area contributed by atoms with Crippen molar-refractivity contribution in [3.8, 4) is 11.5 Å². The minimum absolute atomic E-state index is 0.0149. The fraction of sp³-hybridized carbons (Fsp3) is 0.240. The molecule has 1 heterocycles. The molecule has 0 aliphatic heterocycles. The van der Waals surface area contributed by atoms with E-state index in [0.717, 1.165) is 11.1 Å². The van der Waals surface area contributed by atoms with Crippen LogP contribution in [0.4, 0.5) is 17.1 Å². The number of rotatable bonds is 9. The highest BCUT2D eigenvalue weighted by Gasteiger charge is 2.17. The number of carbonyl (C=O) groups excluding carboxylic acids is 3. The number of thiophene rings is 1. The van der Waals surface area contributed by atoms with Gasteiger partial charge in [-0.25, -0.2) is 0 Å². The second-order valence-corrected chi connectivity index (χ2v) is 8.60. The van der Waals surface area contributed by atoms with Crippen molar-refractivity contribution in [2.24, 2.45) is 0 Å². The molecule has 0 bridgehead atoms. The largest absolute Gasteiger partial charge is 0.494 e. The second kappa shape index (κ2) is 11.3. The first-order valence-electron chi connectivity index (χ1n) is 10.6. The number of aryl methyl sites for hydroxylation is 2. The predicted molar refractivity (Wildman–Crippen MR) is 134 cm³/mol. The van der Waals surface area contributed by atoms with Crippen molar-refractivity contribution in [1.82, 2.24) is 0 Å². The van der Waals surface area contributed by atoms with Crippen LogP contribution in [0.15, 0.2) is 47.8 Å². The van der Waals surface area contributed by atoms with E-state index in [2.05, 4.69) is 16.0 Å². The van der Waals surface area contributed by atoms with Gasteiger partial charge in [-0.05, 0) is 48.6 Å². The lowest BCUT2D eigenvalue weighted by Gasteiger charge is -2.16. The van der Waals surface area contributed by atoms with Crippen LogP contribution in [0.25, 0.3) is 0 Å². The topological polar surface area (TPSA) is 106 Å². The Morgan fingerprint density at radius 1 is 0.794 bits per heavy atom. The van der Waals surface area contributed by atoms with E-state index in [9.17, 15) is 14.4 Å². The summed E-state index contributed by atoms with van der Waals surface area (Å²) in [5.41, 5.74) is 3.57. The zero-order valence-electron chi connectivity index (χ0n) is 19.5. The van der Waals surface area contributed by atoms with E-state index in [1.807, 2.05) is 37.4 Å². The zero-order valence-corrected chi connectivity index (χ0v) is 20.3. The third-order valence-electron chi connectivity index (χ3n) is 4.87. The minimum atomic E-state index is -0.355. The molecule has 9 heteroatoms. The van der Waals surface area contributed by atoms with E-state index in [1.54, 1.807) is 24.3 Å². The van der Waals surface area contributed by atoms with E-state index in [0.29, 0.717) is 33.4 Å². The van der Waals surface area contributed by atoms with Gasteiger partial charge in [0.2, 0.25) is 11.8 Å². The summed E-state index contributed by atoms with van der Waals surface area (Å²) < 4.78 is 10.8. The SMILES string of the molecule is COc1cc(NC(=O)c2cccs2)c(OC)cc1NC(=O)CCC(=O)Nc1cc(C)cc(C)c1. The maximum absolute atomic E-state index is 12.5. The molecule has 0 radical (unpaired) electrons. The smallest absolute Gasteiger partial charge is 0.265 e. The molecule has 8 nitrogen and oxygen atoms in total. The third-order valence-corrected chi connectivity index (χ3v) is 5.74. The number of nitrogens with one attached hydrogen (secondary N) is 3. The van der Waals surface area contributed by atoms with Crippen molar-refractivity contribution < 1.29 is 23.9 Å². The Labute approximate surface area is 202 Å². The molecule has 3 rings (SSSR count). The number of anilines is 3. The molecule has 1 aromatic heterocycles. The van der Waals surface area contributed by atoms with Gasteiger partial charge in [-0.3, -0.25) is 14.4 Å². The van der Waals surface area contributed by atoms with Crippen molar-refractivity contribution in [3.05, 3.63) is 63.8 Å². The van der Waals surface area contributed by atoms with Crippen LogP contribution < -0.4 is 25.4 Å². The molecule has 178 valence electrons. The van der Waals surface area contributed by atoms with E-state index in [-0.39, 0.29) is 30.6 Å². The molecule has 0 unspecified atom stereocenters. The van der Waals surface area contributed by atoms with E-state index in [1.165, 1.54) is 25.6 Å². The predicted octanol–water partition coefficient (Wildman–Crippen LogP) is 4.99. The average molecular weight is 482 g/mol. The number of methoxy groups -OCH3 is 2. The highest BCUT2D eigenvalue weighted by atomic mass is 32.1. The van der Waals surface area contributed by atoms with E-state index < -0.39 is 0 Å². The number of carbonyl (C=O) groups is 3. The second-order valence-electron chi connectivity index (χ2n) is 7.66. The summed E-state index contributed by atoms with van der Waals surface area (Å²) in [4.78, 5) is 37.8. The number of ether oxygens (including phenoxy) is 2. The van der Waals surface area contributed by atoms with Crippen LogP contribution in [-0.4, -0.2) is 31.9 Å². The molecule has 0 saturated carbocycles. The fourth-order valence-corrected chi connectivity index (χ4v) is 4.01. The van der Waals surface area contributed by atoms with Gasteiger partial charge in [0.1, 0.15) is 11.5 Å². The highest BCUT2D eigenvalue weighted by Crippen LogP contribution is 2.37. The van der Waals surface area contributed by atoms with Crippen LogP contribution in [0.5, 0.6) is 11.5 Å². The number of benzene rings is 2. The number of amides is 3. The molecule has 0 spiro atoms. The first kappa shape index (κ1) is 24.8. The van der Waals surface area contributed by atoms with Gasteiger partial charge in [0.05, 0.1) is 30.5 Å². The molecule has 3 amide bonds. The van der Waals surface area contributed by atoms with Crippen molar-refractivity contribution >= 4 is 46.1 Å². The third kappa shape index (κ3) is 6.58. The number of hydrogen-bond acceptors (Lipinski definition) is 6. The molecular formula is C25H27N3O5S. The summed E-state index contributed by atoms with van der Waals surface area (Å²) >= 11 is 1.32. The van der Waals surface area contributed by atoms with Crippen molar-refractivity contribution in [2.75, 3.05) is 30.2 Å². The molecule has 0 fully saturated rings. The number of hydrogen-bond donors (Lipinski definition) is 3. The zero-order chi connectivity index (χ0) is 24.7. The Kier molecular flexibility index (Phi) is 8.26. The Morgan fingerprint density at radius 2 is 1.35 bits per heavy atom. The van der Waals surface area contributed by atoms with E-state index in [4.69, 9.17) is 9.47 Å². The van der Waals surface area contributed by atoms with Crippen LogP contribution >= 0.6 is 11.3 Å². The standard InChI is InChI=1S/C25H27N3O5S/c1-15-10-16(2)12-17(11-15)26-23(29)7-8-24(30)27-18-13-21(33-4)19(14-20(18)32-3)28-25(31)22-6-5-9-34-22/h5-6,9-14H,7-8H2,1-4H3,(H,26,29)(H,27,30)(H,28,31). The van der Waals surface area contributed by atoms with Gasteiger partial charge in [0.15, 0.2) is 0 Å². The minimum Gasteiger partial charge on any atom is -0.494 e. The normalized spacial score (nSPS) is 10.4. The first-order valence-corrected chi connectivity index (χ1v) is 11.5. The van der Waals surface area contributed by atoms with Crippen molar-refractivity contribution in [2.45, 2.75) is 26.7 Å². The molecule has 2 aromatic carbocycles. The summed E-state index contributed by atoms with van der Waals surface area (Å²) in [5, 5.41) is 10.2. The Balaban J connectivity index is 1.63. The maximum atomic E-state index is 12.5. The molecule has 0 saturated heterocycles. The van der Waals surface area contributed by atoms with Gasteiger partial charge < -0.3 is 25.4 Å². The Bertz CT molecular complexity index is 1170. The lowest BCUT2D eigenvalue weighted by molar-refractivity contribution is -0.121. The van der Waals surface area contributed by atoms with Gasteiger partial charge in [0.25, 0.3) is 5.91 Å². The van der Waals surface area contributed by atoms with Gasteiger partial charge in [-0.1, -0.05) is 12.1 Å². The monoisotopic (exact) mass is 481 g/mol. The van der Waals surface area contributed by atoms with E-state index >= 15 is 0 Å². The van der Waals surface area contributed by atoms with Gasteiger partial charge in [0, 0.05) is 30.7 Å². The van der Waals surface area contributed by atoms with Crippen LogP contribution in [0, 0.1) is 13.8 Å². The summed E-state index contributed by atoms with van der Waals surface area (Å²) in [6, 6.07) is 12.4. The Morgan fingerprint density at radius 3 is 1.88 bits per heavy atom. The summed E-state index contributed by atoms with van der Waals surface area (Å²) in [5.74, 6) is -0.187. The first-order chi connectivity index (χ1) is 16.3. The van der Waals surface area contributed by atoms with Crippen molar-refractivity contribution in [1.29, 1.82) is 0 Å². The molecular weight excluding hydrogens is 454 g/mol. The highest BCUT2D eigenvalue weighted by molar-refractivity contribution is 7.12. The van der Waals surface area contributed by atoms with Crippen LogP contribution in [0.1, 0.15) is 33.6 Å². The molecule has 0 atom stereocenters. The van der Waals surface area contributed by atoms with Crippen LogP contribution in [0.3, 0.4) is 0 Å². The molecule has 0 aliphatic rings. The van der Waals surface area contributed by atoms with Gasteiger partial charge in [-0.2, -0.15) is 0 Å². The van der Waals surface area contributed by atoms with Crippen LogP contribution in [0.2, 0.25) is 0 Å². The average Bonchev–Trinajstić information content (AvgIpc) is 3.33. The maximum Gasteiger partial charge on any atom is 0.265 e. The lowest BCUT2D eigenvalue weighted by Crippen LogP contribution is -2.18. The fourth-order valence-electron chi connectivity index (χ4n) is 3.39. The van der Waals surface area contributed by atoms with Gasteiger partial charge in [-0.15, -0.1) is 11.3 Å². The lowest BCUT2D eigenvalue weighted by atomic mass is 10.1. The molecule has 34 heavy (non-hydrogen) atoms. The molecule has 0 aliphatic carbocycles.